The van der Waals surface area contributed by atoms with Gasteiger partial charge in [-0.3, -0.25) is 9.59 Å². The van der Waals surface area contributed by atoms with E-state index < -0.39 is 12.0 Å². The largest absolute Gasteiger partial charge is 0.355 e. The molecule has 3 N–H and O–H groups in total. The van der Waals surface area contributed by atoms with Crippen molar-refractivity contribution in [2.45, 2.75) is 31.2 Å². The minimum absolute atomic E-state index is 0.00769. The summed E-state index contributed by atoms with van der Waals surface area (Å²) in [5, 5.41) is 12.0. The molecule has 1 aliphatic heterocycles. The number of carbonyl (C=O) groups is 2. The average Bonchev–Trinajstić information content (AvgIpc) is 3.45. The minimum atomic E-state index is -0.494. The summed E-state index contributed by atoms with van der Waals surface area (Å²) in [6.07, 6.45) is 2.12. The van der Waals surface area contributed by atoms with Gasteiger partial charge in [-0.1, -0.05) is 66.7 Å². The van der Waals surface area contributed by atoms with Gasteiger partial charge in [-0.15, -0.1) is 0 Å². The van der Waals surface area contributed by atoms with E-state index in [0.29, 0.717) is 5.56 Å². The Morgan fingerprint density at radius 2 is 1.49 bits per heavy atom. The Morgan fingerprint density at radius 3 is 2.11 bits per heavy atom. The van der Waals surface area contributed by atoms with Gasteiger partial charge in [0.2, 0.25) is 11.8 Å². The van der Waals surface area contributed by atoms with Gasteiger partial charge >= 0.3 is 0 Å². The molecule has 3 aromatic carbocycles. The van der Waals surface area contributed by atoms with Crippen LogP contribution in [-0.2, 0) is 9.59 Å². The van der Waals surface area contributed by atoms with Crippen LogP contribution in [0.5, 0.6) is 0 Å². The van der Waals surface area contributed by atoms with Crippen molar-refractivity contribution >= 4 is 11.8 Å². The van der Waals surface area contributed by atoms with Crippen LogP contribution in [0.4, 0.5) is 0 Å². The zero-order valence-electron chi connectivity index (χ0n) is 19.7. The van der Waals surface area contributed by atoms with Crippen LogP contribution in [0, 0.1) is 11.3 Å². The normalized spacial score (nSPS) is 14.7. The first-order valence-corrected chi connectivity index (χ1v) is 12.0. The van der Waals surface area contributed by atoms with Gasteiger partial charge in [-0.2, -0.15) is 5.26 Å². The van der Waals surface area contributed by atoms with Crippen molar-refractivity contribution in [3.8, 4) is 17.2 Å². The molecular formula is C29H30N4O2. The maximum absolute atomic E-state index is 13.2. The molecule has 178 valence electrons. The van der Waals surface area contributed by atoms with Gasteiger partial charge < -0.3 is 16.0 Å². The highest BCUT2D eigenvalue weighted by Crippen LogP contribution is 2.24. The van der Waals surface area contributed by atoms with E-state index in [2.05, 4.69) is 23.5 Å². The van der Waals surface area contributed by atoms with Gasteiger partial charge in [0.15, 0.2) is 0 Å². The number of carbonyl (C=O) groups excluding carboxylic acids is 2. The molecule has 2 amide bonds. The lowest BCUT2D eigenvalue weighted by Gasteiger charge is -2.24. The molecule has 3 aromatic rings. The highest BCUT2D eigenvalue weighted by molar-refractivity contribution is 5.85. The third kappa shape index (κ3) is 6.14. The molecule has 1 fully saturated rings. The second kappa shape index (κ2) is 11.5. The molecule has 1 saturated heterocycles. The van der Waals surface area contributed by atoms with Gasteiger partial charge in [-0.05, 0) is 47.2 Å². The number of hydrogen-bond acceptors (Lipinski definition) is 4. The Bertz CT molecular complexity index is 1180. The molecule has 0 spiro atoms. The number of nitrogens with one attached hydrogen (secondary N) is 1. The molecule has 1 heterocycles. The molecule has 0 bridgehead atoms. The van der Waals surface area contributed by atoms with E-state index in [-0.39, 0.29) is 24.8 Å². The Balaban J connectivity index is 1.38. The van der Waals surface area contributed by atoms with Crippen molar-refractivity contribution in [3.05, 3.63) is 95.6 Å². The van der Waals surface area contributed by atoms with E-state index in [4.69, 9.17) is 11.0 Å². The topological polar surface area (TPSA) is 99.2 Å². The SMILES string of the molecule is N#Cc1ccc(C(CNC(=O)CC(N)c2ccc(-c3ccccc3)cc2)C(=O)N2CCCC2)cc1. The van der Waals surface area contributed by atoms with Crippen molar-refractivity contribution in [2.75, 3.05) is 19.6 Å². The monoisotopic (exact) mass is 466 g/mol. The zero-order chi connectivity index (χ0) is 24.6. The number of benzene rings is 3. The van der Waals surface area contributed by atoms with Crippen molar-refractivity contribution in [2.24, 2.45) is 5.73 Å². The highest BCUT2D eigenvalue weighted by atomic mass is 16.2. The Hall–Kier alpha value is -3.95. The van der Waals surface area contributed by atoms with Crippen molar-refractivity contribution in [3.63, 3.8) is 0 Å². The number of nitrogens with zero attached hydrogens (tertiary/aromatic N) is 2. The van der Waals surface area contributed by atoms with Crippen LogP contribution in [0.3, 0.4) is 0 Å². The highest BCUT2D eigenvalue weighted by Gasteiger charge is 2.28. The van der Waals surface area contributed by atoms with Crippen LogP contribution in [0.2, 0.25) is 0 Å². The van der Waals surface area contributed by atoms with E-state index in [1.807, 2.05) is 47.4 Å². The maximum Gasteiger partial charge on any atom is 0.231 e. The van der Waals surface area contributed by atoms with Crippen LogP contribution in [0.15, 0.2) is 78.9 Å². The standard InChI is InChI=1S/C29H30N4O2/c30-19-21-8-10-24(11-9-21)26(29(35)33-16-4-5-17-33)20-32-28(34)18-27(31)25-14-12-23(13-15-25)22-6-2-1-3-7-22/h1-3,6-15,26-27H,4-5,16-18,20,31H2,(H,32,34). The number of hydrogen-bond donors (Lipinski definition) is 2. The Labute approximate surface area is 206 Å². The molecule has 6 nitrogen and oxygen atoms in total. The van der Waals surface area contributed by atoms with Crippen LogP contribution >= 0.6 is 0 Å². The predicted octanol–water partition coefficient (Wildman–Crippen LogP) is 4.14. The molecule has 2 unspecified atom stereocenters. The molecule has 0 aromatic heterocycles. The minimum Gasteiger partial charge on any atom is -0.355 e. The zero-order valence-corrected chi connectivity index (χ0v) is 19.7. The van der Waals surface area contributed by atoms with E-state index in [1.54, 1.807) is 24.3 Å². The molecule has 0 saturated carbocycles. The molecule has 35 heavy (non-hydrogen) atoms. The van der Waals surface area contributed by atoms with Gasteiger partial charge in [0.05, 0.1) is 17.6 Å². The molecule has 2 atom stereocenters. The van der Waals surface area contributed by atoms with Gasteiger partial charge in [-0.25, -0.2) is 0 Å². The molecule has 0 radical (unpaired) electrons. The summed E-state index contributed by atoms with van der Waals surface area (Å²) in [7, 11) is 0. The first kappa shape index (κ1) is 24.2. The third-order valence-corrected chi connectivity index (χ3v) is 6.51. The second-order valence-corrected chi connectivity index (χ2v) is 8.92. The number of rotatable bonds is 8. The van der Waals surface area contributed by atoms with E-state index in [0.717, 1.165) is 48.2 Å². The Morgan fingerprint density at radius 1 is 0.886 bits per heavy atom. The lowest BCUT2D eigenvalue weighted by Crippen LogP contribution is -2.39. The number of likely N-dealkylation sites (tertiary alicyclic amines) is 1. The first-order chi connectivity index (χ1) is 17.0. The summed E-state index contributed by atoms with van der Waals surface area (Å²) in [6, 6.07) is 26.7. The van der Waals surface area contributed by atoms with Crippen molar-refractivity contribution in [1.29, 1.82) is 5.26 Å². The van der Waals surface area contributed by atoms with Gasteiger partial charge in [0.25, 0.3) is 0 Å². The number of nitrogens with two attached hydrogens (primary N) is 1. The van der Waals surface area contributed by atoms with Crippen LogP contribution in [-0.4, -0.2) is 36.3 Å². The van der Waals surface area contributed by atoms with Crippen molar-refractivity contribution in [1.82, 2.24) is 10.2 Å². The summed E-state index contributed by atoms with van der Waals surface area (Å²) in [5.74, 6) is -0.683. The molecular weight excluding hydrogens is 436 g/mol. The van der Waals surface area contributed by atoms with Crippen LogP contribution in [0.25, 0.3) is 11.1 Å². The van der Waals surface area contributed by atoms with Crippen molar-refractivity contribution < 1.29 is 9.59 Å². The second-order valence-electron chi connectivity index (χ2n) is 8.92. The number of amides is 2. The fourth-order valence-corrected chi connectivity index (χ4v) is 4.45. The van der Waals surface area contributed by atoms with E-state index in [1.165, 1.54) is 0 Å². The fourth-order valence-electron chi connectivity index (χ4n) is 4.45. The molecule has 4 rings (SSSR count). The predicted molar refractivity (Wildman–Crippen MR) is 136 cm³/mol. The molecule has 6 heteroatoms. The fraction of sp³-hybridized carbons (Fsp3) is 0.276. The van der Waals surface area contributed by atoms with Gasteiger partial charge in [0.1, 0.15) is 0 Å². The quantitative estimate of drug-likeness (QED) is 0.521. The summed E-state index contributed by atoms with van der Waals surface area (Å²) < 4.78 is 0. The molecule has 0 aliphatic carbocycles. The lowest BCUT2D eigenvalue weighted by atomic mass is 9.96. The van der Waals surface area contributed by atoms with Gasteiger partial charge in [0, 0.05) is 32.1 Å². The maximum atomic E-state index is 13.2. The van der Waals surface area contributed by atoms with E-state index >= 15 is 0 Å². The summed E-state index contributed by atoms with van der Waals surface area (Å²) in [4.78, 5) is 27.8. The summed E-state index contributed by atoms with van der Waals surface area (Å²) in [5.41, 5.74) is 10.8. The third-order valence-electron chi connectivity index (χ3n) is 6.51. The van der Waals surface area contributed by atoms with Crippen LogP contribution in [0.1, 0.15) is 47.9 Å². The van der Waals surface area contributed by atoms with E-state index in [9.17, 15) is 9.59 Å². The molecule has 1 aliphatic rings. The smallest absolute Gasteiger partial charge is 0.231 e. The Kier molecular flexibility index (Phi) is 7.92. The lowest BCUT2D eigenvalue weighted by molar-refractivity contribution is -0.131. The van der Waals surface area contributed by atoms with Crippen LogP contribution < -0.4 is 11.1 Å². The average molecular weight is 467 g/mol. The summed E-state index contributed by atoms with van der Waals surface area (Å²) in [6.45, 7) is 1.67. The summed E-state index contributed by atoms with van der Waals surface area (Å²) >= 11 is 0. The first-order valence-electron chi connectivity index (χ1n) is 12.0. The number of nitriles is 1.